The Balaban J connectivity index is 2.22. The number of carbonyl (C=O) groups is 1. The van der Waals surface area contributed by atoms with Crippen LogP contribution in [0.4, 0.5) is 0 Å². The molecule has 7 heteroatoms. The van der Waals surface area contributed by atoms with Crippen molar-refractivity contribution in [2.75, 3.05) is 26.5 Å². The highest BCUT2D eigenvalue weighted by molar-refractivity contribution is 7.52. The van der Waals surface area contributed by atoms with Gasteiger partial charge >= 0.3 is 13.6 Å². The van der Waals surface area contributed by atoms with Gasteiger partial charge in [0.25, 0.3) is 0 Å². The lowest BCUT2D eigenvalue weighted by atomic mass is 9.94. The van der Waals surface area contributed by atoms with Crippen LogP contribution in [0.25, 0.3) is 0 Å². The Labute approximate surface area is 163 Å². The minimum atomic E-state index is -3.11. The number of benzene rings is 1. The Hall–Kier alpha value is -1.20. The van der Waals surface area contributed by atoms with Crippen LogP contribution in [0.15, 0.2) is 30.3 Å². The monoisotopic (exact) mass is 400 g/mol. The first-order valence-electron chi connectivity index (χ1n) is 9.13. The lowest BCUT2D eigenvalue weighted by Crippen LogP contribution is -2.37. The predicted molar refractivity (Wildman–Crippen MR) is 106 cm³/mol. The molecule has 0 saturated carbocycles. The van der Waals surface area contributed by atoms with Gasteiger partial charge in [-0.2, -0.15) is 0 Å². The highest BCUT2D eigenvalue weighted by Crippen LogP contribution is 2.44. The molecule has 0 aliphatic rings. The van der Waals surface area contributed by atoms with Crippen molar-refractivity contribution in [3.05, 3.63) is 35.9 Å². The van der Waals surface area contributed by atoms with E-state index in [0.29, 0.717) is 13.0 Å². The third-order valence-electron chi connectivity index (χ3n) is 3.48. The van der Waals surface area contributed by atoms with E-state index < -0.39 is 18.6 Å². The van der Waals surface area contributed by atoms with Gasteiger partial charge in [-0.3, -0.25) is 9.36 Å². The molecule has 0 aliphatic heterocycles. The van der Waals surface area contributed by atoms with Gasteiger partial charge in [-0.25, -0.2) is 0 Å². The molecule has 1 unspecified atom stereocenters. The zero-order valence-electron chi connectivity index (χ0n) is 17.3. The average molecular weight is 400 g/mol. The molecule has 0 aliphatic carbocycles. The molecule has 0 aromatic heterocycles. The van der Waals surface area contributed by atoms with Gasteiger partial charge in [0, 0.05) is 13.3 Å². The smallest absolute Gasteiger partial charge is 0.327 e. The van der Waals surface area contributed by atoms with Gasteiger partial charge in [0.15, 0.2) is 0 Å². The molecule has 0 radical (unpaired) electrons. The fourth-order valence-corrected chi connectivity index (χ4v) is 2.92. The first-order valence-corrected chi connectivity index (χ1v) is 11.1. The molecule has 0 fully saturated rings. The Bertz CT molecular complexity index is 621. The van der Waals surface area contributed by atoms with Crippen LogP contribution < -0.4 is 0 Å². The lowest BCUT2D eigenvalue weighted by Gasteiger charge is -2.28. The maximum atomic E-state index is 12.3. The van der Waals surface area contributed by atoms with E-state index in [0.717, 1.165) is 5.56 Å². The molecule has 0 bridgehead atoms. The summed E-state index contributed by atoms with van der Waals surface area (Å²) in [5.74, 6) is -0.293. The topological polar surface area (TPSA) is 71.1 Å². The minimum absolute atomic E-state index is 0.245. The summed E-state index contributed by atoms with van der Waals surface area (Å²) in [6, 6.07) is 9.52. The summed E-state index contributed by atoms with van der Waals surface area (Å²) in [4.78, 5) is 12.1. The fourth-order valence-electron chi connectivity index (χ4n) is 2.00. The molecule has 0 heterocycles. The Morgan fingerprint density at radius 2 is 1.63 bits per heavy atom. The summed E-state index contributed by atoms with van der Waals surface area (Å²) < 4.78 is 34.0. The van der Waals surface area contributed by atoms with Gasteiger partial charge in [-0.1, -0.05) is 30.3 Å². The summed E-state index contributed by atoms with van der Waals surface area (Å²) >= 11 is 0. The number of carbonyl (C=O) groups excluding carboxylic acids is 1. The minimum Gasteiger partial charge on any atom is -0.459 e. The van der Waals surface area contributed by atoms with Gasteiger partial charge in [0.05, 0.1) is 25.2 Å². The van der Waals surface area contributed by atoms with E-state index in [1.807, 2.05) is 51.1 Å². The Morgan fingerprint density at radius 1 is 1.00 bits per heavy atom. The summed E-state index contributed by atoms with van der Waals surface area (Å²) in [7, 11) is -3.11. The fraction of sp³-hybridized carbons (Fsp3) is 0.650. The van der Waals surface area contributed by atoms with Crippen molar-refractivity contribution in [2.45, 2.75) is 53.2 Å². The van der Waals surface area contributed by atoms with Crippen molar-refractivity contribution < 1.29 is 27.9 Å². The third kappa shape index (κ3) is 10.6. The van der Waals surface area contributed by atoms with Crippen molar-refractivity contribution in [2.24, 2.45) is 5.41 Å². The number of rotatable bonds is 11. The number of hydrogen-bond donors (Lipinski definition) is 0. The summed E-state index contributed by atoms with van der Waals surface area (Å²) in [6.07, 6.45) is 0.553. The normalized spacial score (nSPS) is 14.6. The van der Waals surface area contributed by atoms with E-state index in [4.69, 9.17) is 18.5 Å². The summed E-state index contributed by atoms with van der Waals surface area (Å²) in [5, 5.41) is 0. The second-order valence-corrected chi connectivity index (χ2v) is 10.2. The van der Waals surface area contributed by atoms with E-state index in [-0.39, 0.29) is 25.8 Å². The van der Waals surface area contributed by atoms with Gasteiger partial charge in [-0.05, 0) is 46.6 Å². The largest absolute Gasteiger partial charge is 0.459 e. The van der Waals surface area contributed by atoms with Crippen molar-refractivity contribution in [1.29, 1.82) is 0 Å². The zero-order valence-corrected chi connectivity index (χ0v) is 18.2. The van der Waals surface area contributed by atoms with Crippen LogP contribution in [0.3, 0.4) is 0 Å². The van der Waals surface area contributed by atoms with Gasteiger partial charge in [-0.15, -0.1) is 0 Å². The second-order valence-electron chi connectivity index (χ2n) is 8.16. The molecule has 1 aromatic rings. The molecule has 1 aromatic carbocycles. The molecule has 0 saturated heterocycles. The van der Waals surface area contributed by atoms with Crippen molar-refractivity contribution in [3.8, 4) is 0 Å². The van der Waals surface area contributed by atoms with E-state index in [9.17, 15) is 9.36 Å². The van der Waals surface area contributed by atoms with Gasteiger partial charge in [0.1, 0.15) is 5.60 Å². The van der Waals surface area contributed by atoms with Crippen molar-refractivity contribution in [1.82, 2.24) is 0 Å². The molecular formula is C20H33O6P. The number of esters is 1. The SMILES string of the molecule is CC(C)(C)OC(=O)C(C)(C)COCCCOP(C)(=O)OCc1ccccc1. The molecule has 0 N–H and O–H groups in total. The average Bonchev–Trinajstić information content (AvgIpc) is 2.55. The molecule has 1 rings (SSSR count). The maximum absolute atomic E-state index is 12.3. The number of hydrogen-bond acceptors (Lipinski definition) is 6. The Kier molecular flexibility index (Phi) is 9.16. The lowest BCUT2D eigenvalue weighted by molar-refractivity contribution is -0.169. The third-order valence-corrected chi connectivity index (χ3v) is 4.73. The van der Waals surface area contributed by atoms with Crippen LogP contribution >= 0.6 is 7.60 Å². The number of ether oxygens (including phenoxy) is 2. The van der Waals surface area contributed by atoms with E-state index in [1.54, 1.807) is 13.8 Å². The molecule has 0 amide bonds. The van der Waals surface area contributed by atoms with Crippen LogP contribution in [-0.4, -0.2) is 38.1 Å². The molecule has 1 atom stereocenters. The van der Waals surface area contributed by atoms with Crippen LogP contribution in [0.2, 0.25) is 0 Å². The Morgan fingerprint density at radius 3 is 2.22 bits per heavy atom. The first kappa shape index (κ1) is 23.8. The molecule has 6 nitrogen and oxygen atoms in total. The van der Waals surface area contributed by atoms with Crippen LogP contribution in [-0.2, 0) is 34.5 Å². The first-order chi connectivity index (χ1) is 12.4. The molecule has 27 heavy (non-hydrogen) atoms. The van der Waals surface area contributed by atoms with Gasteiger partial charge in [0.2, 0.25) is 0 Å². The zero-order chi connectivity index (χ0) is 20.6. The quantitative estimate of drug-likeness (QED) is 0.301. The summed E-state index contributed by atoms with van der Waals surface area (Å²) in [5.41, 5.74) is -0.312. The van der Waals surface area contributed by atoms with Crippen LogP contribution in [0.1, 0.15) is 46.6 Å². The van der Waals surface area contributed by atoms with E-state index in [2.05, 4.69) is 0 Å². The molecule has 154 valence electrons. The standard InChI is InChI=1S/C20H33O6P/c1-19(2,3)26-18(21)20(4,5)16-23-13-10-14-24-27(6,22)25-15-17-11-8-7-9-12-17/h7-9,11-12H,10,13-16H2,1-6H3. The van der Waals surface area contributed by atoms with Crippen molar-refractivity contribution >= 4 is 13.6 Å². The molecule has 0 spiro atoms. The van der Waals surface area contributed by atoms with Crippen molar-refractivity contribution in [3.63, 3.8) is 0 Å². The highest BCUT2D eigenvalue weighted by atomic mass is 31.2. The van der Waals surface area contributed by atoms with E-state index >= 15 is 0 Å². The van der Waals surface area contributed by atoms with Crippen LogP contribution in [0, 0.1) is 5.41 Å². The van der Waals surface area contributed by atoms with E-state index in [1.165, 1.54) is 6.66 Å². The predicted octanol–water partition coefficient (Wildman–Crippen LogP) is 4.82. The highest BCUT2D eigenvalue weighted by Gasteiger charge is 2.32. The summed E-state index contributed by atoms with van der Waals surface area (Å²) in [6.45, 7) is 11.7. The van der Waals surface area contributed by atoms with Crippen LogP contribution in [0.5, 0.6) is 0 Å². The van der Waals surface area contributed by atoms with Gasteiger partial charge < -0.3 is 18.5 Å². The molecular weight excluding hydrogens is 367 g/mol. The maximum Gasteiger partial charge on any atom is 0.327 e. The second kappa shape index (κ2) is 10.4.